The third-order valence-electron chi connectivity index (χ3n) is 3.76. The molecule has 0 saturated carbocycles. The fourth-order valence-electron chi connectivity index (χ4n) is 2.30. The van der Waals surface area contributed by atoms with Crippen molar-refractivity contribution >= 4 is 10.9 Å². The van der Waals surface area contributed by atoms with E-state index in [1.807, 2.05) is 12.3 Å². The van der Waals surface area contributed by atoms with E-state index in [4.69, 9.17) is 5.73 Å². The molecule has 1 aromatic heterocycles. The Labute approximate surface area is 103 Å². The standard InChI is InChI=1S/C15H20N2/c1-4-15(16,11(2)3)13-8-7-12-6-5-9-17-14(12)10-13/h5-11H,4,16H2,1-3H3. The molecule has 0 saturated heterocycles. The number of nitrogens with two attached hydrogens (primary N) is 1. The molecule has 0 fully saturated rings. The van der Waals surface area contributed by atoms with Crippen molar-refractivity contribution < 1.29 is 0 Å². The molecule has 1 heterocycles. The fraction of sp³-hybridized carbons (Fsp3) is 0.400. The highest BCUT2D eigenvalue weighted by Crippen LogP contribution is 2.31. The Bertz CT molecular complexity index is 519. The van der Waals surface area contributed by atoms with Crippen molar-refractivity contribution in [1.29, 1.82) is 0 Å². The average Bonchev–Trinajstić information content (AvgIpc) is 2.37. The van der Waals surface area contributed by atoms with Gasteiger partial charge in [-0.15, -0.1) is 0 Å². The van der Waals surface area contributed by atoms with Gasteiger partial charge >= 0.3 is 0 Å². The van der Waals surface area contributed by atoms with Crippen LogP contribution >= 0.6 is 0 Å². The normalized spacial score (nSPS) is 15.1. The van der Waals surface area contributed by atoms with Crippen LogP contribution in [-0.2, 0) is 5.54 Å². The van der Waals surface area contributed by atoms with Crippen LogP contribution in [0.2, 0.25) is 0 Å². The van der Waals surface area contributed by atoms with Gasteiger partial charge in [0.25, 0.3) is 0 Å². The van der Waals surface area contributed by atoms with Gasteiger partial charge in [-0.1, -0.05) is 39.0 Å². The maximum atomic E-state index is 6.52. The van der Waals surface area contributed by atoms with Crippen LogP contribution in [0.25, 0.3) is 10.9 Å². The first-order valence-electron chi connectivity index (χ1n) is 6.22. The van der Waals surface area contributed by atoms with Gasteiger partial charge in [-0.3, -0.25) is 4.98 Å². The Morgan fingerprint density at radius 1 is 1.29 bits per heavy atom. The van der Waals surface area contributed by atoms with Crippen molar-refractivity contribution in [3.05, 3.63) is 42.1 Å². The number of hydrogen-bond donors (Lipinski definition) is 1. The van der Waals surface area contributed by atoms with E-state index in [-0.39, 0.29) is 5.54 Å². The molecule has 0 aliphatic rings. The molecular formula is C15H20N2. The van der Waals surface area contributed by atoms with Crippen LogP contribution < -0.4 is 5.73 Å². The second-order valence-electron chi connectivity index (χ2n) is 4.96. The van der Waals surface area contributed by atoms with E-state index in [9.17, 15) is 0 Å². The minimum absolute atomic E-state index is 0.258. The van der Waals surface area contributed by atoms with E-state index in [0.717, 1.165) is 11.9 Å². The number of pyridine rings is 1. The van der Waals surface area contributed by atoms with Gasteiger partial charge in [0.05, 0.1) is 5.52 Å². The van der Waals surface area contributed by atoms with Crippen LogP contribution in [0.4, 0.5) is 0 Å². The third-order valence-corrected chi connectivity index (χ3v) is 3.76. The summed E-state index contributed by atoms with van der Waals surface area (Å²) in [5, 5.41) is 1.17. The lowest BCUT2D eigenvalue weighted by atomic mass is 9.78. The van der Waals surface area contributed by atoms with E-state index in [1.54, 1.807) is 0 Å². The van der Waals surface area contributed by atoms with Crippen LogP contribution in [0.1, 0.15) is 32.8 Å². The number of aromatic nitrogens is 1. The van der Waals surface area contributed by atoms with E-state index >= 15 is 0 Å². The van der Waals surface area contributed by atoms with Gasteiger partial charge in [0.2, 0.25) is 0 Å². The summed E-state index contributed by atoms with van der Waals surface area (Å²) in [4.78, 5) is 4.39. The number of fused-ring (bicyclic) bond motifs is 1. The zero-order valence-electron chi connectivity index (χ0n) is 10.8. The highest BCUT2D eigenvalue weighted by Gasteiger charge is 2.29. The molecular weight excluding hydrogens is 208 g/mol. The van der Waals surface area contributed by atoms with E-state index in [1.165, 1.54) is 10.9 Å². The Hall–Kier alpha value is -1.41. The summed E-state index contributed by atoms with van der Waals surface area (Å²) in [6, 6.07) is 10.4. The van der Waals surface area contributed by atoms with Crippen molar-refractivity contribution in [2.75, 3.05) is 0 Å². The molecule has 0 bridgehead atoms. The van der Waals surface area contributed by atoms with Gasteiger partial charge in [0, 0.05) is 17.1 Å². The number of rotatable bonds is 3. The summed E-state index contributed by atoms with van der Waals surface area (Å²) in [7, 11) is 0. The molecule has 1 unspecified atom stereocenters. The summed E-state index contributed by atoms with van der Waals surface area (Å²) in [5.41, 5.74) is 8.47. The minimum Gasteiger partial charge on any atom is -0.321 e. The topological polar surface area (TPSA) is 38.9 Å². The first-order valence-corrected chi connectivity index (χ1v) is 6.22. The summed E-state index contributed by atoms with van der Waals surface area (Å²) in [5.74, 6) is 0.411. The Balaban J connectivity index is 2.55. The second kappa shape index (κ2) is 4.46. The molecule has 0 aliphatic carbocycles. The maximum absolute atomic E-state index is 6.52. The Morgan fingerprint density at radius 3 is 2.71 bits per heavy atom. The lowest BCUT2D eigenvalue weighted by Crippen LogP contribution is -2.41. The van der Waals surface area contributed by atoms with Gasteiger partial charge in [-0.05, 0) is 30.0 Å². The number of hydrogen-bond acceptors (Lipinski definition) is 2. The zero-order chi connectivity index (χ0) is 12.5. The maximum Gasteiger partial charge on any atom is 0.0705 e. The lowest BCUT2D eigenvalue weighted by molar-refractivity contribution is 0.306. The predicted molar refractivity (Wildman–Crippen MR) is 72.7 cm³/mol. The van der Waals surface area contributed by atoms with Crippen molar-refractivity contribution in [2.24, 2.45) is 11.7 Å². The highest BCUT2D eigenvalue weighted by atomic mass is 14.8. The molecule has 2 heteroatoms. The zero-order valence-corrected chi connectivity index (χ0v) is 10.8. The molecule has 90 valence electrons. The Kier molecular flexibility index (Phi) is 3.16. The molecule has 0 radical (unpaired) electrons. The van der Waals surface area contributed by atoms with Crippen molar-refractivity contribution in [2.45, 2.75) is 32.7 Å². The summed E-state index contributed by atoms with van der Waals surface area (Å²) < 4.78 is 0. The van der Waals surface area contributed by atoms with Crippen LogP contribution in [0.3, 0.4) is 0 Å². The Morgan fingerprint density at radius 2 is 2.06 bits per heavy atom. The highest BCUT2D eigenvalue weighted by molar-refractivity contribution is 5.79. The molecule has 17 heavy (non-hydrogen) atoms. The molecule has 0 spiro atoms. The fourth-order valence-corrected chi connectivity index (χ4v) is 2.30. The van der Waals surface area contributed by atoms with E-state index < -0.39 is 0 Å². The molecule has 0 aliphatic heterocycles. The first-order chi connectivity index (χ1) is 8.08. The van der Waals surface area contributed by atoms with Crippen LogP contribution in [-0.4, -0.2) is 4.98 Å². The molecule has 1 aromatic carbocycles. The summed E-state index contributed by atoms with van der Waals surface area (Å²) in [6.07, 6.45) is 2.76. The van der Waals surface area contributed by atoms with Gasteiger partial charge in [0.1, 0.15) is 0 Å². The van der Waals surface area contributed by atoms with Gasteiger partial charge in [-0.2, -0.15) is 0 Å². The van der Waals surface area contributed by atoms with Crippen molar-refractivity contribution in [3.63, 3.8) is 0 Å². The van der Waals surface area contributed by atoms with E-state index in [0.29, 0.717) is 5.92 Å². The molecule has 2 nitrogen and oxygen atoms in total. The second-order valence-corrected chi connectivity index (χ2v) is 4.96. The smallest absolute Gasteiger partial charge is 0.0705 e. The predicted octanol–water partition coefficient (Wildman–Crippen LogP) is 3.45. The SMILES string of the molecule is CCC(N)(c1ccc2cccnc2c1)C(C)C. The average molecular weight is 228 g/mol. The monoisotopic (exact) mass is 228 g/mol. The third kappa shape index (κ3) is 2.05. The molecule has 2 rings (SSSR count). The van der Waals surface area contributed by atoms with Crippen LogP contribution in [0.5, 0.6) is 0 Å². The summed E-state index contributed by atoms with van der Waals surface area (Å²) in [6.45, 7) is 6.49. The largest absolute Gasteiger partial charge is 0.321 e. The molecule has 2 N–H and O–H groups in total. The number of nitrogens with zero attached hydrogens (tertiary/aromatic N) is 1. The molecule has 0 amide bonds. The van der Waals surface area contributed by atoms with Crippen LogP contribution in [0.15, 0.2) is 36.5 Å². The van der Waals surface area contributed by atoms with Gasteiger partial charge in [0.15, 0.2) is 0 Å². The number of benzene rings is 1. The van der Waals surface area contributed by atoms with Gasteiger partial charge < -0.3 is 5.73 Å². The van der Waals surface area contributed by atoms with E-state index in [2.05, 4.69) is 50.0 Å². The molecule has 2 aromatic rings. The quantitative estimate of drug-likeness (QED) is 0.873. The van der Waals surface area contributed by atoms with Crippen molar-refractivity contribution in [3.8, 4) is 0 Å². The van der Waals surface area contributed by atoms with Crippen molar-refractivity contribution in [1.82, 2.24) is 4.98 Å². The lowest BCUT2D eigenvalue weighted by Gasteiger charge is -2.33. The minimum atomic E-state index is -0.258. The molecule has 1 atom stereocenters. The van der Waals surface area contributed by atoms with Crippen LogP contribution in [0, 0.1) is 5.92 Å². The van der Waals surface area contributed by atoms with Gasteiger partial charge in [-0.25, -0.2) is 0 Å². The summed E-state index contributed by atoms with van der Waals surface area (Å²) >= 11 is 0. The first kappa shape index (κ1) is 12.1.